The molecular weight excluding hydrogens is 337 g/mol. The fraction of sp³-hybridized carbons (Fsp3) is 0. The maximum atomic E-state index is 6.50. The summed E-state index contributed by atoms with van der Waals surface area (Å²) in [4.78, 5) is 0. The molecule has 0 heterocycles. The van der Waals surface area contributed by atoms with Gasteiger partial charge < -0.3 is 5.21 Å². The summed E-state index contributed by atoms with van der Waals surface area (Å²) in [5.74, 6) is 3.50. The fourth-order valence-corrected chi connectivity index (χ4v) is 0. The molecule has 0 bridgehead atoms. The Bertz CT molecular complexity index is 10.8. The van der Waals surface area contributed by atoms with Gasteiger partial charge in [-0.25, -0.2) is 5.90 Å². The van der Waals surface area contributed by atoms with E-state index < -0.39 is 22.1 Å². The molecule has 0 rings (SSSR count). The average molecular weight is 341 g/mol. The monoisotopic (exact) mass is 341 g/mol. The molecule has 0 aliphatic rings. The molecule has 0 aliphatic heterocycles. The molecule has 0 aromatic heterocycles. The van der Waals surface area contributed by atoms with E-state index in [1.807, 2.05) is 0 Å². The SMILES string of the molecule is Cl.NO.[Cl][Hg][Cl]. The van der Waals surface area contributed by atoms with Crippen LogP contribution in [0.15, 0.2) is 0 Å². The van der Waals surface area contributed by atoms with Gasteiger partial charge in [-0.2, -0.15) is 0 Å². The first-order chi connectivity index (χ1) is 2.41. The zero-order valence-corrected chi connectivity index (χ0v) is 10.7. The van der Waals surface area contributed by atoms with Gasteiger partial charge in [-0.15, -0.1) is 12.4 Å². The van der Waals surface area contributed by atoms with E-state index in [1.165, 1.54) is 0 Å². The molecule has 0 atom stereocenters. The summed E-state index contributed by atoms with van der Waals surface area (Å²) in [6, 6.07) is 0. The molecule has 2 nitrogen and oxygen atoms in total. The van der Waals surface area contributed by atoms with Crippen LogP contribution in [0.2, 0.25) is 0 Å². The third-order valence-electron chi connectivity index (χ3n) is 0. The quantitative estimate of drug-likeness (QED) is 0.513. The van der Waals surface area contributed by atoms with Crippen LogP contribution >= 0.6 is 28.9 Å². The van der Waals surface area contributed by atoms with Gasteiger partial charge in [0.1, 0.15) is 0 Å². The van der Waals surface area contributed by atoms with Crippen molar-refractivity contribution >= 4 is 28.9 Å². The van der Waals surface area contributed by atoms with Crippen molar-refractivity contribution in [3.63, 3.8) is 0 Å². The Balaban J connectivity index is -0.0000000275. The van der Waals surface area contributed by atoms with Gasteiger partial charge in [0.15, 0.2) is 0 Å². The molecule has 0 saturated heterocycles. The van der Waals surface area contributed by atoms with Crippen LogP contribution in [0, 0.1) is 0 Å². The number of halogens is 3. The summed E-state index contributed by atoms with van der Waals surface area (Å²) in [5.41, 5.74) is 0. The minimum atomic E-state index is -1.14. The topological polar surface area (TPSA) is 46.2 Å². The zero-order chi connectivity index (χ0) is 4.71. The Morgan fingerprint density at radius 2 is 1.33 bits per heavy atom. The Morgan fingerprint density at radius 1 is 1.33 bits per heavy atom. The number of hydrogen-bond donors (Lipinski definition) is 2. The van der Waals surface area contributed by atoms with Crippen molar-refractivity contribution in [2.45, 2.75) is 0 Å². The van der Waals surface area contributed by atoms with Crippen molar-refractivity contribution < 1.29 is 27.3 Å². The number of hydrogen-bond acceptors (Lipinski definition) is 2. The van der Waals surface area contributed by atoms with Crippen LogP contribution in [-0.2, 0) is 22.1 Å². The predicted octanol–water partition coefficient (Wildman–Crippen LogP) is 1.13. The molecular formula is H4Cl3HgNO. The summed E-state index contributed by atoms with van der Waals surface area (Å²) >= 11 is -1.14. The molecule has 3 N–H and O–H groups in total. The first-order valence-electron chi connectivity index (χ1n) is 0.793. The minimum absolute atomic E-state index is 0. The molecule has 0 amide bonds. The Morgan fingerprint density at radius 3 is 1.33 bits per heavy atom. The average Bonchev–Trinajstić information content (AvgIpc) is 1.46. The second-order valence-electron chi connectivity index (χ2n) is 0.101. The second kappa shape index (κ2) is 29.7. The van der Waals surface area contributed by atoms with Gasteiger partial charge in [-0.3, -0.25) is 0 Å². The van der Waals surface area contributed by atoms with E-state index >= 15 is 0 Å². The van der Waals surface area contributed by atoms with Gasteiger partial charge in [-0.1, -0.05) is 0 Å². The molecule has 0 aliphatic carbocycles. The van der Waals surface area contributed by atoms with Crippen LogP contribution < -0.4 is 5.90 Å². The Labute approximate surface area is 61.7 Å². The molecule has 0 spiro atoms. The Hall–Kier alpha value is 1.73. The van der Waals surface area contributed by atoms with Gasteiger partial charge in [-0.05, 0) is 0 Å². The molecule has 0 saturated carbocycles. The van der Waals surface area contributed by atoms with E-state index in [9.17, 15) is 0 Å². The van der Waals surface area contributed by atoms with Crippen LogP contribution in [0.4, 0.5) is 0 Å². The predicted molar refractivity (Wildman–Crippen MR) is 24.9 cm³/mol. The van der Waals surface area contributed by atoms with Crippen molar-refractivity contribution in [1.29, 1.82) is 0 Å². The summed E-state index contributed by atoms with van der Waals surface area (Å²) in [6.07, 6.45) is 0. The first-order valence-corrected chi connectivity index (χ1v) is 14.3. The second-order valence-corrected chi connectivity index (χ2v) is 7.98. The van der Waals surface area contributed by atoms with E-state index in [-0.39, 0.29) is 12.4 Å². The standard InChI is InChI=1S/3ClH.Hg.H3NO/c;;;;1-2/h3*1H;;2H,1H2/q;;;+2;/p-2. The molecule has 0 aromatic carbocycles. The first kappa shape index (κ1) is 15.6. The zero-order valence-electron chi connectivity index (χ0n) is 2.90. The van der Waals surface area contributed by atoms with Gasteiger partial charge in [0, 0.05) is 0 Å². The van der Waals surface area contributed by atoms with Crippen LogP contribution in [0.25, 0.3) is 0 Å². The van der Waals surface area contributed by atoms with Crippen molar-refractivity contribution in [2.75, 3.05) is 0 Å². The van der Waals surface area contributed by atoms with Crippen LogP contribution in [0.5, 0.6) is 0 Å². The van der Waals surface area contributed by atoms with Crippen molar-refractivity contribution in [3.8, 4) is 0 Å². The number of nitrogens with two attached hydrogens (primary N) is 1. The molecule has 6 heavy (non-hydrogen) atoms. The number of rotatable bonds is 0. The molecule has 38 valence electrons. The van der Waals surface area contributed by atoms with Gasteiger partial charge in [0.25, 0.3) is 0 Å². The van der Waals surface area contributed by atoms with Crippen LogP contribution in [0.3, 0.4) is 0 Å². The third kappa shape index (κ3) is 43.0. The summed E-state index contributed by atoms with van der Waals surface area (Å²) in [7, 11) is 9.97. The fourth-order valence-electron chi connectivity index (χ4n) is 0. The van der Waals surface area contributed by atoms with E-state index in [1.54, 1.807) is 0 Å². The Kier molecular flexibility index (Phi) is 77.4. The van der Waals surface area contributed by atoms with Gasteiger partial charge in [0.05, 0.1) is 0 Å². The molecule has 0 aromatic rings. The van der Waals surface area contributed by atoms with Crippen LogP contribution in [-0.4, -0.2) is 5.21 Å². The molecule has 0 radical (unpaired) electrons. The summed E-state index contributed by atoms with van der Waals surface area (Å²) < 4.78 is 0. The molecule has 6 heteroatoms. The van der Waals surface area contributed by atoms with Gasteiger partial charge in [0.2, 0.25) is 0 Å². The summed E-state index contributed by atoms with van der Waals surface area (Å²) in [5, 5.41) is 6.50. The van der Waals surface area contributed by atoms with Crippen molar-refractivity contribution in [3.05, 3.63) is 0 Å². The van der Waals surface area contributed by atoms with Gasteiger partial charge >= 0.3 is 38.6 Å². The van der Waals surface area contributed by atoms with Crippen molar-refractivity contribution in [2.24, 2.45) is 5.90 Å². The van der Waals surface area contributed by atoms with Crippen molar-refractivity contribution in [1.82, 2.24) is 0 Å². The van der Waals surface area contributed by atoms with Crippen LogP contribution in [0.1, 0.15) is 0 Å². The van der Waals surface area contributed by atoms with E-state index in [4.69, 9.17) is 21.7 Å². The third-order valence-corrected chi connectivity index (χ3v) is 0. The van der Waals surface area contributed by atoms with E-state index in [0.717, 1.165) is 0 Å². The molecule has 0 unspecified atom stereocenters. The normalized spacial score (nSPS) is 2.67. The van der Waals surface area contributed by atoms with E-state index in [0.29, 0.717) is 0 Å². The van der Waals surface area contributed by atoms with E-state index in [2.05, 4.69) is 5.90 Å². The maximum absolute atomic E-state index is 6.50. The summed E-state index contributed by atoms with van der Waals surface area (Å²) in [6.45, 7) is 0. The molecule has 0 fully saturated rings.